The predicted molar refractivity (Wildman–Crippen MR) is 96.8 cm³/mol. The fraction of sp³-hybridized carbons (Fsp3) is 0.368. The van der Waals surface area contributed by atoms with Crippen LogP contribution < -0.4 is 5.32 Å². The highest BCUT2D eigenvalue weighted by Crippen LogP contribution is 2.25. The molecule has 0 spiro atoms. The molecule has 0 bridgehead atoms. The fourth-order valence-corrected chi connectivity index (χ4v) is 4.23. The normalized spacial score (nSPS) is 19.5. The smallest absolute Gasteiger partial charge is 0.254 e. The first-order valence-electron chi connectivity index (χ1n) is 8.58. The quantitative estimate of drug-likeness (QED) is 0.919. The Morgan fingerprint density at radius 3 is 3.04 bits per heavy atom. The maximum Gasteiger partial charge on any atom is 0.254 e. The molecule has 1 unspecified atom stereocenters. The average molecular weight is 356 g/mol. The third-order valence-corrected chi connectivity index (χ3v) is 5.72. The largest absolute Gasteiger partial charge is 0.368 e. The predicted octanol–water partition coefficient (Wildman–Crippen LogP) is 3.06. The Morgan fingerprint density at radius 1 is 1.28 bits per heavy atom. The molecule has 0 aliphatic carbocycles. The number of nitrogens with one attached hydrogen (secondary N) is 1. The summed E-state index contributed by atoms with van der Waals surface area (Å²) in [4.78, 5) is 28.2. The second-order valence-corrected chi connectivity index (χ2v) is 7.42. The van der Waals surface area contributed by atoms with Gasteiger partial charge in [0.05, 0.1) is 0 Å². The van der Waals surface area contributed by atoms with Crippen LogP contribution in [0.1, 0.15) is 33.6 Å². The summed E-state index contributed by atoms with van der Waals surface area (Å²) in [5.74, 6) is -0.131. The summed E-state index contributed by atoms with van der Waals surface area (Å²) in [6.07, 6.45) is 2.20. The van der Waals surface area contributed by atoms with Crippen molar-refractivity contribution in [3.8, 4) is 0 Å². The van der Waals surface area contributed by atoms with Gasteiger partial charge in [0.2, 0.25) is 0 Å². The molecule has 25 heavy (non-hydrogen) atoms. The van der Waals surface area contributed by atoms with E-state index in [2.05, 4.69) is 16.8 Å². The Morgan fingerprint density at radius 2 is 2.20 bits per heavy atom. The zero-order chi connectivity index (χ0) is 17.2. The molecule has 0 radical (unpaired) electrons. The van der Waals surface area contributed by atoms with Gasteiger partial charge in [-0.05, 0) is 54.5 Å². The Hall–Kier alpha value is -2.18. The molecule has 5 nitrogen and oxygen atoms in total. The number of rotatable bonds is 3. The Labute approximate surface area is 150 Å². The minimum atomic E-state index is -0.376. The number of nitrogens with zero attached hydrogens (tertiary/aromatic N) is 1. The molecule has 4 rings (SSSR count). The van der Waals surface area contributed by atoms with Crippen LogP contribution in [0.15, 0.2) is 35.7 Å². The van der Waals surface area contributed by atoms with Crippen LogP contribution in [0.5, 0.6) is 0 Å². The van der Waals surface area contributed by atoms with Crippen LogP contribution in [0.25, 0.3) is 0 Å². The summed E-state index contributed by atoms with van der Waals surface area (Å²) >= 11 is 1.76. The zero-order valence-corrected chi connectivity index (χ0v) is 14.7. The Bertz CT molecular complexity index is 795. The topological polar surface area (TPSA) is 58.6 Å². The van der Waals surface area contributed by atoms with Crippen molar-refractivity contribution in [2.45, 2.75) is 31.9 Å². The number of ether oxygens (including phenoxy) is 1. The standard InChI is InChI=1S/C19H20N2O3S/c22-18(16-5-2-9-24-16)20-15-4-1-3-13(11-15)19(23)21-8-6-17-14(12-21)7-10-25-17/h1,3-4,7,10-11,16H,2,5-6,8-9,12H2,(H,20,22). The van der Waals surface area contributed by atoms with Gasteiger partial charge < -0.3 is 15.0 Å². The lowest BCUT2D eigenvalue weighted by Crippen LogP contribution is -2.35. The second-order valence-electron chi connectivity index (χ2n) is 6.42. The van der Waals surface area contributed by atoms with Gasteiger partial charge in [0.25, 0.3) is 11.8 Å². The summed E-state index contributed by atoms with van der Waals surface area (Å²) in [5.41, 5.74) is 2.48. The van der Waals surface area contributed by atoms with Gasteiger partial charge in [-0.25, -0.2) is 0 Å². The second kappa shape index (κ2) is 6.98. The maximum atomic E-state index is 12.8. The summed E-state index contributed by atoms with van der Waals surface area (Å²) < 4.78 is 5.40. The molecule has 1 aromatic carbocycles. The minimum absolute atomic E-state index is 0.00469. The van der Waals surface area contributed by atoms with Gasteiger partial charge in [-0.2, -0.15) is 0 Å². The van der Waals surface area contributed by atoms with E-state index in [0.29, 0.717) is 24.4 Å². The van der Waals surface area contributed by atoms with Crippen molar-refractivity contribution in [3.63, 3.8) is 0 Å². The van der Waals surface area contributed by atoms with Crippen LogP contribution in [0.4, 0.5) is 5.69 Å². The molecule has 130 valence electrons. The number of carbonyl (C=O) groups excluding carboxylic acids is 2. The van der Waals surface area contributed by atoms with Gasteiger partial charge in [0.15, 0.2) is 0 Å². The number of carbonyl (C=O) groups is 2. The number of benzene rings is 1. The number of amides is 2. The van der Waals surface area contributed by atoms with Gasteiger partial charge in [-0.15, -0.1) is 11.3 Å². The van der Waals surface area contributed by atoms with E-state index in [4.69, 9.17) is 4.74 Å². The highest BCUT2D eigenvalue weighted by Gasteiger charge is 2.25. The summed E-state index contributed by atoms with van der Waals surface area (Å²) in [7, 11) is 0. The Balaban J connectivity index is 1.45. The maximum absolute atomic E-state index is 12.8. The van der Waals surface area contributed by atoms with Gasteiger partial charge in [0, 0.05) is 35.8 Å². The molecule has 1 aromatic heterocycles. The number of hydrogen-bond donors (Lipinski definition) is 1. The molecule has 6 heteroatoms. The van der Waals surface area contributed by atoms with Crippen molar-refractivity contribution >= 4 is 28.8 Å². The van der Waals surface area contributed by atoms with E-state index in [1.165, 1.54) is 10.4 Å². The van der Waals surface area contributed by atoms with Crippen molar-refractivity contribution in [3.05, 3.63) is 51.7 Å². The molecule has 1 saturated heterocycles. The fourth-order valence-electron chi connectivity index (χ4n) is 3.34. The average Bonchev–Trinajstić information content (AvgIpc) is 3.32. The van der Waals surface area contributed by atoms with E-state index in [1.807, 2.05) is 4.90 Å². The molecule has 2 amide bonds. The molecule has 1 N–H and O–H groups in total. The molecular weight excluding hydrogens is 336 g/mol. The number of hydrogen-bond acceptors (Lipinski definition) is 4. The first-order valence-corrected chi connectivity index (χ1v) is 9.46. The number of anilines is 1. The molecular formula is C19H20N2O3S. The minimum Gasteiger partial charge on any atom is -0.368 e. The van der Waals surface area contributed by atoms with Crippen molar-refractivity contribution in [1.29, 1.82) is 0 Å². The lowest BCUT2D eigenvalue weighted by molar-refractivity contribution is -0.124. The highest BCUT2D eigenvalue weighted by atomic mass is 32.1. The lowest BCUT2D eigenvalue weighted by atomic mass is 10.1. The van der Waals surface area contributed by atoms with Crippen molar-refractivity contribution in [2.24, 2.45) is 0 Å². The van der Waals surface area contributed by atoms with Crippen LogP contribution in [0, 0.1) is 0 Å². The van der Waals surface area contributed by atoms with Crippen molar-refractivity contribution in [2.75, 3.05) is 18.5 Å². The van der Waals surface area contributed by atoms with Gasteiger partial charge >= 0.3 is 0 Å². The summed E-state index contributed by atoms with van der Waals surface area (Å²) in [6.45, 7) is 2.03. The highest BCUT2D eigenvalue weighted by molar-refractivity contribution is 7.10. The Kier molecular flexibility index (Phi) is 4.55. The third kappa shape index (κ3) is 3.45. The van der Waals surface area contributed by atoms with Crippen molar-refractivity contribution in [1.82, 2.24) is 4.90 Å². The monoisotopic (exact) mass is 356 g/mol. The molecule has 2 aromatic rings. The molecule has 2 aliphatic rings. The number of thiophene rings is 1. The van der Waals surface area contributed by atoms with E-state index in [1.54, 1.807) is 35.6 Å². The summed E-state index contributed by atoms with van der Waals surface area (Å²) in [6, 6.07) is 9.25. The van der Waals surface area contributed by atoms with E-state index < -0.39 is 0 Å². The van der Waals surface area contributed by atoms with Crippen molar-refractivity contribution < 1.29 is 14.3 Å². The van der Waals surface area contributed by atoms with E-state index in [0.717, 1.165) is 25.8 Å². The lowest BCUT2D eigenvalue weighted by Gasteiger charge is -2.27. The zero-order valence-electron chi connectivity index (χ0n) is 13.9. The van der Waals surface area contributed by atoms with Crippen LogP contribution in [-0.2, 0) is 22.5 Å². The van der Waals surface area contributed by atoms with Gasteiger partial charge in [-0.3, -0.25) is 9.59 Å². The van der Waals surface area contributed by atoms with Crippen LogP contribution >= 0.6 is 11.3 Å². The first-order chi connectivity index (χ1) is 12.2. The molecule has 1 atom stereocenters. The molecule has 0 saturated carbocycles. The molecule has 3 heterocycles. The van der Waals surface area contributed by atoms with E-state index in [9.17, 15) is 9.59 Å². The van der Waals surface area contributed by atoms with E-state index >= 15 is 0 Å². The molecule has 1 fully saturated rings. The van der Waals surface area contributed by atoms with Gasteiger partial charge in [0.1, 0.15) is 6.10 Å². The van der Waals surface area contributed by atoms with Crippen LogP contribution in [0.2, 0.25) is 0 Å². The van der Waals surface area contributed by atoms with Crippen LogP contribution in [0.3, 0.4) is 0 Å². The SMILES string of the molecule is O=C(Nc1cccc(C(=O)N2CCc3sccc3C2)c1)C1CCCO1. The summed E-state index contributed by atoms with van der Waals surface area (Å²) in [5, 5.41) is 4.94. The first kappa shape index (κ1) is 16.3. The van der Waals surface area contributed by atoms with Crippen LogP contribution in [-0.4, -0.2) is 36.0 Å². The molecule has 2 aliphatic heterocycles. The number of fused-ring (bicyclic) bond motifs is 1. The van der Waals surface area contributed by atoms with E-state index in [-0.39, 0.29) is 17.9 Å². The third-order valence-electron chi connectivity index (χ3n) is 4.69. The van der Waals surface area contributed by atoms with Gasteiger partial charge in [-0.1, -0.05) is 6.07 Å².